The van der Waals surface area contributed by atoms with Crippen LogP contribution in [0.4, 0.5) is 11.5 Å². The lowest BCUT2D eigenvalue weighted by Gasteiger charge is -2.10. The second-order valence-electron chi connectivity index (χ2n) is 4.26. The van der Waals surface area contributed by atoms with E-state index in [1.54, 1.807) is 24.3 Å². The van der Waals surface area contributed by atoms with E-state index in [1.165, 1.54) is 0 Å². The summed E-state index contributed by atoms with van der Waals surface area (Å²) in [7, 11) is 0. The van der Waals surface area contributed by atoms with Gasteiger partial charge in [-0.25, -0.2) is 4.98 Å². The molecule has 0 spiro atoms. The Bertz CT molecular complexity index is 819. The van der Waals surface area contributed by atoms with Crippen molar-refractivity contribution in [1.82, 2.24) is 9.97 Å². The van der Waals surface area contributed by atoms with Gasteiger partial charge in [0.2, 0.25) is 5.28 Å². The van der Waals surface area contributed by atoms with E-state index >= 15 is 0 Å². The summed E-state index contributed by atoms with van der Waals surface area (Å²) in [5.74, 6) is 0.547. The summed E-state index contributed by atoms with van der Waals surface area (Å²) < 4.78 is 0. The largest absolute Gasteiger partial charge is 0.340 e. The third-order valence-corrected chi connectivity index (χ3v) is 3.96. The molecule has 3 aromatic rings. The number of halogens is 4. The lowest BCUT2D eigenvalue weighted by Crippen LogP contribution is -1.97. The van der Waals surface area contributed by atoms with Gasteiger partial charge in [-0.15, -0.1) is 0 Å². The fraction of sp³-hybridized carbons (Fsp3) is 0. The fourth-order valence-corrected chi connectivity index (χ4v) is 2.48. The quantitative estimate of drug-likeness (QED) is 0.572. The van der Waals surface area contributed by atoms with Crippen molar-refractivity contribution in [2.75, 3.05) is 5.32 Å². The van der Waals surface area contributed by atoms with Crippen LogP contribution in [-0.2, 0) is 0 Å². The van der Waals surface area contributed by atoms with Crippen LogP contribution in [-0.4, -0.2) is 9.97 Å². The van der Waals surface area contributed by atoms with Gasteiger partial charge in [-0.05, 0) is 48.0 Å². The molecule has 3 nitrogen and oxygen atoms in total. The van der Waals surface area contributed by atoms with Crippen molar-refractivity contribution >= 4 is 68.8 Å². The highest BCUT2D eigenvalue weighted by Crippen LogP contribution is 2.32. The Labute approximate surface area is 140 Å². The van der Waals surface area contributed by atoms with Gasteiger partial charge in [0.25, 0.3) is 0 Å². The second kappa shape index (κ2) is 5.85. The zero-order valence-corrected chi connectivity index (χ0v) is 13.4. The molecule has 0 atom stereocenters. The predicted octanol–water partition coefficient (Wildman–Crippen LogP) is 5.99. The van der Waals surface area contributed by atoms with Crippen LogP contribution in [0.2, 0.25) is 20.4 Å². The van der Waals surface area contributed by atoms with E-state index in [2.05, 4.69) is 15.3 Å². The Balaban J connectivity index is 2.12. The molecular weight excluding hydrogens is 352 g/mol. The number of nitrogens with zero attached hydrogens (tertiary/aromatic N) is 2. The molecule has 7 heteroatoms. The SMILES string of the molecule is Clc1ccc(Nc2nc(Cl)nc3cc(Cl)c(Cl)cc23)cc1. The normalized spacial score (nSPS) is 10.9. The van der Waals surface area contributed by atoms with Crippen LogP contribution < -0.4 is 5.32 Å². The van der Waals surface area contributed by atoms with Crippen molar-refractivity contribution in [3.8, 4) is 0 Å². The van der Waals surface area contributed by atoms with Gasteiger partial charge in [-0.2, -0.15) is 4.98 Å². The molecule has 0 aliphatic heterocycles. The van der Waals surface area contributed by atoms with Gasteiger partial charge in [0, 0.05) is 16.1 Å². The third kappa shape index (κ3) is 3.16. The maximum Gasteiger partial charge on any atom is 0.224 e. The van der Waals surface area contributed by atoms with Gasteiger partial charge in [-0.1, -0.05) is 34.8 Å². The van der Waals surface area contributed by atoms with Gasteiger partial charge in [-0.3, -0.25) is 0 Å². The Hall–Kier alpha value is -1.26. The predicted molar refractivity (Wildman–Crippen MR) is 89.3 cm³/mol. The summed E-state index contributed by atoms with van der Waals surface area (Å²) in [4.78, 5) is 8.34. The molecule has 0 aliphatic carbocycles. The zero-order chi connectivity index (χ0) is 15.0. The van der Waals surface area contributed by atoms with Crippen LogP contribution in [0.25, 0.3) is 10.9 Å². The van der Waals surface area contributed by atoms with Crippen LogP contribution in [0.1, 0.15) is 0 Å². The van der Waals surface area contributed by atoms with Gasteiger partial charge in [0.15, 0.2) is 0 Å². The van der Waals surface area contributed by atoms with E-state index in [0.29, 0.717) is 26.4 Å². The van der Waals surface area contributed by atoms with E-state index in [1.807, 2.05) is 12.1 Å². The van der Waals surface area contributed by atoms with Crippen molar-refractivity contribution in [2.45, 2.75) is 0 Å². The molecule has 1 aromatic heterocycles. The van der Waals surface area contributed by atoms with Gasteiger partial charge < -0.3 is 5.32 Å². The first-order chi connectivity index (χ1) is 10.0. The van der Waals surface area contributed by atoms with Crippen LogP contribution in [0.5, 0.6) is 0 Å². The van der Waals surface area contributed by atoms with Crippen molar-refractivity contribution < 1.29 is 0 Å². The highest BCUT2D eigenvalue weighted by molar-refractivity contribution is 6.43. The first-order valence-corrected chi connectivity index (χ1v) is 7.39. The molecule has 0 fully saturated rings. The lowest BCUT2D eigenvalue weighted by molar-refractivity contribution is 1.22. The summed E-state index contributed by atoms with van der Waals surface area (Å²) in [5, 5.41) is 5.51. The molecule has 0 unspecified atom stereocenters. The smallest absolute Gasteiger partial charge is 0.224 e. The van der Waals surface area contributed by atoms with E-state index in [-0.39, 0.29) is 5.28 Å². The topological polar surface area (TPSA) is 37.8 Å². The number of nitrogens with one attached hydrogen (secondary N) is 1. The summed E-state index contributed by atoms with van der Waals surface area (Å²) in [6.45, 7) is 0. The minimum atomic E-state index is 0.123. The summed E-state index contributed by atoms with van der Waals surface area (Å²) in [6, 6.07) is 10.6. The molecule has 0 bridgehead atoms. The van der Waals surface area contributed by atoms with Gasteiger partial charge in [0.05, 0.1) is 15.6 Å². The second-order valence-corrected chi connectivity index (χ2v) is 5.85. The Morgan fingerprint density at radius 3 is 2.19 bits per heavy atom. The standard InChI is InChI=1S/C14H7Cl4N3/c15-7-1-3-8(4-2-7)19-13-9-5-10(16)11(17)6-12(9)20-14(18)21-13/h1-6H,(H,19,20,21). The number of rotatable bonds is 2. The Kier molecular flexibility index (Phi) is 4.09. The monoisotopic (exact) mass is 357 g/mol. The van der Waals surface area contributed by atoms with Gasteiger partial charge >= 0.3 is 0 Å². The van der Waals surface area contributed by atoms with Crippen molar-refractivity contribution in [2.24, 2.45) is 0 Å². The van der Waals surface area contributed by atoms with Crippen molar-refractivity contribution in [1.29, 1.82) is 0 Å². The number of hydrogen-bond donors (Lipinski definition) is 1. The van der Waals surface area contributed by atoms with Crippen LogP contribution in [0.3, 0.4) is 0 Å². The number of aromatic nitrogens is 2. The number of anilines is 2. The first kappa shape index (κ1) is 14.7. The molecule has 3 rings (SSSR count). The minimum absolute atomic E-state index is 0.123. The molecule has 0 saturated carbocycles. The zero-order valence-electron chi connectivity index (χ0n) is 10.4. The Morgan fingerprint density at radius 1 is 0.810 bits per heavy atom. The summed E-state index contributed by atoms with van der Waals surface area (Å²) in [6.07, 6.45) is 0. The Morgan fingerprint density at radius 2 is 1.48 bits per heavy atom. The van der Waals surface area contributed by atoms with Crippen molar-refractivity contribution in [3.63, 3.8) is 0 Å². The molecule has 1 N–H and O–H groups in total. The molecule has 21 heavy (non-hydrogen) atoms. The maximum absolute atomic E-state index is 6.06. The fourth-order valence-electron chi connectivity index (χ4n) is 1.86. The first-order valence-electron chi connectivity index (χ1n) is 5.88. The molecule has 106 valence electrons. The summed E-state index contributed by atoms with van der Waals surface area (Å²) in [5.41, 5.74) is 1.43. The van der Waals surface area contributed by atoms with Crippen LogP contribution >= 0.6 is 46.4 Å². The van der Waals surface area contributed by atoms with Gasteiger partial charge in [0.1, 0.15) is 5.82 Å². The maximum atomic E-state index is 6.06. The minimum Gasteiger partial charge on any atom is -0.340 e. The molecular formula is C14H7Cl4N3. The van der Waals surface area contributed by atoms with Crippen molar-refractivity contribution in [3.05, 3.63) is 56.7 Å². The average molecular weight is 359 g/mol. The molecule has 0 aliphatic rings. The van der Waals surface area contributed by atoms with Crippen LogP contribution in [0.15, 0.2) is 36.4 Å². The molecule has 0 amide bonds. The summed E-state index contributed by atoms with van der Waals surface area (Å²) >= 11 is 23.9. The van der Waals surface area contributed by atoms with E-state index in [9.17, 15) is 0 Å². The molecule has 0 radical (unpaired) electrons. The molecule has 1 heterocycles. The highest BCUT2D eigenvalue weighted by atomic mass is 35.5. The molecule has 2 aromatic carbocycles. The average Bonchev–Trinajstić information content (AvgIpc) is 2.43. The highest BCUT2D eigenvalue weighted by Gasteiger charge is 2.10. The van der Waals surface area contributed by atoms with E-state index in [0.717, 1.165) is 11.1 Å². The lowest BCUT2D eigenvalue weighted by atomic mass is 10.2. The van der Waals surface area contributed by atoms with E-state index in [4.69, 9.17) is 46.4 Å². The van der Waals surface area contributed by atoms with E-state index < -0.39 is 0 Å². The number of fused-ring (bicyclic) bond motifs is 1. The molecule has 0 saturated heterocycles. The third-order valence-electron chi connectivity index (χ3n) is 2.82. The number of hydrogen-bond acceptors (Lipinski definition) is 3. The number of benzene rings is 2. The van der Waals surface area contributed by atoms with Crippen LogP contribution in [0, 0.1) is 0 Å².